The van der Waals surface area contributed by atoms with E-state index in [1.165, 1.54) is 12.1 Å². The number of ketones is 1. The molecule has 106 valence electrons. The largest absolute Gasteiger partial charge is 0.294 e. The van der Waals surface area contributed by atoms with Gasteiger partial charge in [-0.1, -0.05) is 32.4 Å². The molecule has 0 amide bonds. The van der Waals surface area contributed by atoms with Gasteiger partial charge in [-0.3, -0.25) is 4.79 Å². The van der Waals surface area contributed by atoms with Gasteiger partial charge in [-0.25, -0.2) is 13.1 Å². The molecular weight excluding hydrogens is 262 g/mol. The Kier molecular flexibility index (Phi) is 5.69. The first-order valence-electron chi connectivity index (χ1n) is 6.56. The number of sulfonamides is 1. The molecule has 0 aromatic heterocycles. The molecule has 0 aliphatic rings. The van der Waals surface area contributed by atoms with E-state index in [2.05, 4.69) is 4.72 Å². The fourth-order valence-electron chi connectivity index (χ4n) is 1.87. The van der Waals surface area contributed by atoms with E-state index in [1.54, 1.807) is 19.1 Å². The van der Waals surface area contributed by atoms with Crippen LogP contribution in [0.3, 0.4) is 0 Å². The van der Waals surface area contributed by atoms with E-state index in [9.17, 15) is 13.2 Å². The van der Waals surface area contributed by atoms with Crippen molar-refractivity contribution < 1.29 is 13.2 Å². The van der Waals surface area contributed by atoms with Gasteiger partial charge in [0.15, 0.2) is 5.78 Å². The molecule has 0 aliphatic heterocycles. The number of carbonyl (C=O) groups is 1. The van der Waals surface area contributed by atoms with Gasteiger partial charge in [0.2, 0.25) is 10.0 Å². The number of Topliss-reactive ketones (excluding diaryl/α,β-unsaturated/α-hetero) is 1. The van der Waals surface area contributed by atoms with Crippen LogP contribution in [-0.4, -0.2) is 20.2 Å². The first-order valence-corrected chi connectivity index (χ1v) is 8.04. The molecule has 1 atom stereocenters. The van der Waals surface area contributed by atoms with Crippen molar-refractivity contribution in [3.8, 4) is 0 Å². The topological polar surface area (TPSA) is 63.2 Å². The van der Waals surface area contributed by atoms with Crippen LogP contribution in [-0.2, 0) is 10.0 Å². The van der Waals surface area contributed by atoms with E-state index in [1.807, 2.05) is 13.8 Å². The molecule has 1 aromatic carbocycles. The second kappa shape index (κ2) is 6.82. The number of benzene rings is 1. The quantitative estimate of drug-likeness (QED) is 0.783. The molecule has 0 bridgehead atoms. The third-order valence-corrected chi connectivity index (χ3v) is 4.45. The number of hydrogen-bond acceptors (Lipinski definition) is 3. The first kappa shape index (κ1) is 15.9. The van der Waals surface area contributed by atoms with Gasteiger partial charge >= 0.3 is 0 Å². The Bertz CT molecular complexity index is 537. The molecule has 5 heteroatoms. The van der Waals surface area contributed by atoms with Gasteiger partial charge in [0, 0.05) is 18.0 Å². The van der Waals surface area contributed by atoms with E-state index in [0.29, 0.717) is 12.0 Å². The SMILES string of the molecule is CCCC(C)NS(=O)(=O)c1cccc(C(=O)CC)c1. The van der Waals surface area contributed by atoms with Crippen LogP contribution in [0.5, 0.6) is 0 Å². The summed E-state index contributed by atoms with van der Waals surface area (Å²) in [6.45, 7) is 5.60. The van der Waals surface area contributed by atoms with Gasteiger partial charge in [0.1, 0.15) is 0 Å². The summed E-state index contributed by atoms with van der Waals surface area (Å²) in [5.41, 5.74) is 0.438. The Hall–Kier alpha value is -1.20. The smallest absolute Gasteiger partial charge is 0.240 e. The normalized spacial score (nSPS) is 13.2. The van der Waals surface area contributed by atoms with E-state index >= 15 is 0 Å². The predicted octanol–water partition coefficient (Wildman–Crippen LogP) is 2.75. The van der Waals surface area contributed by atoms with Crippen molar-refractivity contribution in [3.63, 3.8) is 0 Å². The van der Waals surface area contributed by atoms with E-state index in [-0.39, 0.29) is 16.7 Å². The molecule has 19 heavy (non-hydrogen) atoms. The lowest BCUT2D eigenvalue weighted by Crippen LogP contribution is -2.32. The Morgan fingerprint density at radius 1 is 1.32 bits per heavy atom. The van der Waals surface area contributed by atoms with Crippen molar-refractivity contribution in [2.45, 2.75) is 51.0 Å². The Labute approximate surface area is 115 Å². The Balaban J connectivity index is 2.98. The third-order valence-electron chi connectivity index (χ3n) is 2.87. The zero-order valence-corrected chi connectivity index (χ0v) is 12.5. The lowest BCUT2D eigenvalue weighted by atomic mass is 10.1. The average Bonchev–Trinajstić information content (AvgIpc) is 2.37. The van der Waals surface area contributed by atoms with Gasteiger partial charge in [0.05, 0.1) is 4.90 Å². The molecule has 0 fully saturated rings. The fraction of sp³-hybridized carbons (Fsp3) is 0.500. The van der Waals surface area contributed by atoms with Crippen LogP contribution in [0.25, 0.3) is 0 Å². The summed E-state index contributed by atoms with van der Waals surface area (Å²) >= 11 is 0. The zero-order valence-electron chi connectivity index (χ0n) is 11.6. The van der Waals surface area contributed by atoms with E-state index in [4.69, 9.17) is 0 Å². The maximum Gasteiger partial charge on any atom is 0.240 e. The molecule has 1 rings (SSSR count). The highest BCUT2D eigenvalue weighted by atomic mass is 32.2. The molecule has 0 heterocycles. The minimum Gasteiger partial charge on any atom is -0.294 e. The summed E-state index contributed by atoms with van der Waals surface area (Å²) in [5, 5.41) is 0. The van der Waals surface area contributed by atoms with Crippen molar-refractivity contribution in [1.82, 2.24) is 4.72 Å². The minimum absolute atomic E-state index is 0.0568. The van der Waals surface area contributed by atoms with Crippen LogP contribution < -0.4 is 4.72 Å². The van der Waals surface area contributed by atoms with Gasteiger partial charge in [-0.2, -0.15) is 0 Å². The van der Waals surface area contributed by atoms with Crippen LogP contribution in [0.2, 0.25) is 0 Å². The summed E-state index contributed by atoms with van der Waals surface area (Å²) < 4.78 is 26.9. The summed E-state index contributed by atoms with van der Waals surface area (Å²) in [6.07, 6.45) is 2.06. The lowest BCUT2D eigenvalue weighted by Gasteiger charge is -2.13. The van der Waals surface area contributed by atoms with Crippen LogP contribution in [0.1, 0.15) is 50.4 Å². The highest BCUT2D eigenvalue weighted by molar-refractivity contribution is 7.89. The number of nitrogens with one attached hydrogen (secondary N) is 1. The van der Waals surface area contributed by atoms with Gasteiger partial charge in [-0.15, -0.1) is 0 Å². The van der Waals surface area contributed by atoms with Crippen LogP contribution in [0.4, 0.5) is 0 Å². The molecule has 0 radical (unpaired) electrons. The fourth-order valence-corrected chi connectivity index (χ4v) is 3.19. The summed E-state index contributed by atoms with van der Waals surface area (Å²) in [5.74, 6) is -0.0568. The van der Waals surface area contributed by atoms with Crippen molar-refractivity contribution in [2.75, 3.05) is 0 Å². The summed E-state index contributed by atoms with van der Waals surface area (Å²) in [7, 11) is -3.55. The maximum absolute atomic E-state index is 12.2. The molecule has 4 nitrogen and oxygen atoms in total. The van der Waals surface area contributed by atoms with Crippen LogP contribution >= 0.6 is 0 Å². The van der Waals surface area contributed by atoms with E-state index in [0.717, 1.165) is 12.8 Å². The highest BCUT2D eigenvalue weighted by Crippen LogP contribution is 2.14. The Morgan fingerprint density at radius 2 is 2.00 bits per heavy atom. The van der Waals surface area contributed by atoms with Crippen molar-refractivity contribution in [2.24, 2.45) is 0 Å². The number of carbonyl (C=O) groups excluding carboxylic acids is 1. The number of rotatable bonds is 7. The lowest BCUT2D eigenvalue weighted by molar-refractivity contribution is 0.0988. The van der Waals surface area contributed by atoms with Gasteiger partial charge in [-0.05, 0) is 25.5 Å². The number of hydrogen-bond donors (Lipinski definition) is 1. The monoisotopic (exact) mass is 283 g/mol. The molecule has 0 spiro atoms. The average molecular weight is 283 g/mol. The zero-order chi connectivity index (χ0) is 14.5. The summed E-state index contributed by atoms with van der Waals surface area (Å²) in [4.78, 5) is 11.7. The van der Waals surface area contributed by atoms with E-state index < -0.39 is 10.0 Å². The maximum atomic E-state index is 12.2. The minimum atomic E-state index is -3.55. The second-order valence-electron chi connectivity index (χ2n) is 4.62. The first-order chi connectivity index (χ1) is 8.90. The molecular formula is C14H21NO3S. The molecule has 0 aliphatic carbocycles. The summed E-state index contributed by atoms with van der Waals surface area (Å²) in [6, 6.07) is 6.07. The van der Waals surface area contributed by atoms with Crippen molar-refractivity contribution >= 4 is 15.8 Å². The van der Waals surface area contributed by atoms with Crippen LogP contribution in [0.15, 0.2) is 29.2 Å². The second-order valence-corrected chi connectivity index (χ2v) is 6.33. The molecule has 0 saturated heterocycles. The van der Waals surface area contributed by atoms with Crippen molar-refractivity contribution in [1.29, 1.82) is 0 Å². The van der Waals surface area contributed by atoms with Gasteiger partial charge < -0.3 is 0 Å². The Morgan fingerprint density at radius 3 is 2.58 bits per heavy atom. The molecule has 0 saturated carbocycles. The van der Waals surface area contributed by atoms with Gasteiger partial charge in [0.25, 0.3) is 0 Å². The van der Waals surface area contributed by atoms with Crippen molar-refractivity contribution in [3.05, 3.63) is 29.8 Å². The molecule has 1 unspecified atom stereocenters. The third kappa shape index (κ3) is 4.44. The highest BCUT2D eigenvalue weighted by Gasteiger charge is 2.18. The standard InChI is InChI=1S/C14H21NO3S/c1-4-7-11(3)15-19(17,18)13-9-6-8-12(10-13)14(16)5-2/h6,8-11,15H,4-5,7H2,1-3H3. The molecule has 1 aromatic rings. The predicted molar refractivity (Wildman–Crippen MR) is 75.8 cm³/mol. The molecule has 1 N–H and O–H groups in total. The van der Waals surface area contributed by atoms with Crippen LogP contribution in [0, 0.1) is 0 Å².